The summed E-state index contributed by atoms with van der Waals surface area (Å²) in [6.07, 6.45) is -2.99. The Hall–Kier alpha value is -0.560. The van der Waals surface area contributed by atoms with Crippen molar-refractivity contribution in [2.24, 2.45) is 0 Å². The lowest BCUT2D eigenvalue weighted by molar-refractivity contribution is -0.137. The van der Waals surface area contributed by atoms with Crippen LogP contribution < -0.4 is 5.32 Å². The summed E-state index contributed by atoms with van der Waals surface area (Å²) in [6.45, 7) is 4.96. The zero-order chi connectivity index (χ0) is 15.5. The molecule has 134 valence electrons. The quantitative estimate of drug-likeness (QED) is 0.781. The van der Waals surface area contributed by atoms with Crippen LogP contribution in [0.4, 0.5) is 17.6 Å². The molecule has 2 nitrogen and oxygen atoms in total. The first kappa shape index (κ1) is 22.4. The average molecular weight is 377 g/mol. The molecule has 1 aliphatic heterocycles. The Bertz CT molecular complexity index is 477. The van der Waals surface area contributed by atoms with Crippen molar-refractivity contribution in [1.82, 2.24) is 10.2 Å². The normalized spacial score (nSPS) is 17.1. The van der Waals surface area contributed by atoms with Crippen LogP contribution in [-0.4, -0.2) is 31.1 Å². The third-order valence-corrected chi connectivity index (χ3v) is 3.84. The highest BCUT2D eigenvalue weighted by atomic mass is 35.5. The molecule has 1 aromatic rings. The molecule has 0 aliphatic carbocycles. The van der Waals surface area contributed by atoms with Crippen LogP contribution in [0.3, 0.4) is 0 Å². The van der Waals surface area contributed by atoms with Gasteiger partial charge in [0, 0.05) is 37.8 Å². The lowest BCUT2D eigenvalue weighted by Gasteiger charge is -2.35. The zero-order valence-corrected chi connectivity index (χ0v) is 14.5. The van der Waals surface area contributed by atoms with E-state index in [2.05, 4.69) is 10.2 Å². The molecule has 0 amide bonds. The molecule has 1 N–H and O–H groups in total. The molecular weight excluding hydrogens is 355 g/mol. The van der Waals surface area contributed by atoms with Crippen LogP contribution in [0.15, 0.2) is 18.2 Å². The van der Waals surface area contributed by atoms with E-state index >= 15 is 0 Å². The SMILES string of the molecule is CCC[C@@H](c1cc(C(F)(F)F)ccc1F)N1CCNCC1.Cl.Cl. The van der Waals surface area contributed by atoms with Crippen LogP contribution in [0.2, 0.25) is 0 Å². The van der Waals surface area contributed by atoms with E-state index in [-0.39, 0.29) is 36.4 Å². The van der Waals surface area contributed by atoms with Crippen molar-refractivity contribution in [2.75, 3.05) is 26.2 Å². The summed E-state index contributed by atoms with van der Waals surface area (Å²) < 4.78 is 52.6. The molecule has 0 aromatic heterocycles. The number of alkyl halides is 3. The van der Waals surface area contributed by atoms with Gasteiger partial charge in [0.1, 0.15) is 5.82 Å². The van der Waals surface area contributed by atoms with Crippen LogP contribution in [0.5, 0.6) is 0 Å². The minimum absolute atomic E-state index is 0. The van der Waals surface area contributed by atoms with Crippen LogP contribution >= 0.6 is 24.8 Å². The predicted molar refractivity (Wildman–Crippen MR) is 88.0 cm³/mol. The molecule has 1 fully saturated rings. The summed E-state index contributed by atoms with van der Waals surface area (Å²) in [6, 6.07) is 2.42. The summed E-state index contributed by atoms with van der Waals surface area (Å²) in [4.78, 5) is 2.07. The monoisotopic (exact) mass is 376 g/mol. The Labute approximate surface area is 146 Å². The predicted octanol–water partition coefficient (Wildman–Crippen LogP) is 4.43. The van der Waals surface area contributed by atoms with Crippen molar-refractivity contribution in [3.8, 4) is 0 Å². The molecule has 1 aliphatic rings. The molecule has 0 spiro atoms. The molecule has 2 rings (SSSR count). The molecule has 0 bridgehead atoms. The fourth-order valence-corrected chi connectivity index (χ4v) is 2.78. The van der Waals surface area contributed by atoms with E-state index in [1.807, 2.05) is 6.92 Å². The average Bonchev–Trinajstić information content (AvgIpc) is 2.45. The van der Waals surface area contributed by atoms with E-state index in [1.165, 1.54) is 0 Å². The number of nitrogens with zero attached hydrogens (tertiary/aromatic N) is 1. The number of hydrogen-bond acceptors (Lipinski definition) is 2. The lowest BCUT2D eigenvalue weighted by atomic mass is 9.97. The van der Waals surface area contributed by atoms with Gasteiger partial charge in [0.15, 0.2) is 0 Å². The van der Waals surface area contributed by atoms with Gasteiger partial charge in [-0.2, -0.15) is 13.2 Å². The highest BCUT2D eigenvalue weighted by Crippen LogP contribution is 2.34. The molecule has 1 heterocycles. The van der Waals surface area contributed by atoms with Gasteiger partial charge in [-0.1, -0.05) is 13.3 Å². The number of hydrogen-bond donors (Lipinski definition) is 1. The van der Waals surface area contributed by atoms with Gasteiger partial charge >= 0.3 is 6.18 Å². The Balaban J connectivity index is 0.00000242. The molecule has 23 heavy (non-hydrogen) atoms. The molecule has 0 radical (unpaired) electrons. The molecule has 1 saturated heterocycles. The summed E-state index contributed by atoms with van der Waals surface area (Å²) in [5.74, 6) is -0.556. The summed E-state index contributed by atoms with van der Waals surface area (Å²) in [7, 11) is 0. The third kappa shape index (κ3) is 5.78. The minimum atomic E-state index is -4.44. The van der Waals surface area contributed by atoms with Crippen molar-refractivity contribution < 1.29 is 17.6 Å². The van der Waals surface area contributed by atoms with Gasteiger partial charge < -0.3 is 5.32 Å². The van der Waals surface area contributed by atoms with Crippen molar-refractivity contribution in [2.45, 2.75) is 32.0 Å². The van der Waals surface area contributed by atoms with E-state index < -0.39 is 17.6 Å². The van der Waals surface area contributed by atoms with Gasteiger partial charge in [-0.15, -0.1) is 24.8 Å². The van der Waals surface area contributed by atoms with Gasteiger partial charge in [0.25, 0.3) is 0 Å². The smallest absolute Gasteiger partial charge is 0.314 e. The summed E-state index contributed by atoms with van der Waals surface area (Å²) >= 11 is 0. The maximum Gasteiger partial charge on any atom is 0.416 e. The van der Waals surface area contributed by atoms with Crippen molar-refractivity contribution >= 4 is 24.8 Å². The summed E-state index contributed by atoms with van der Waals surface area (Å²) in [5, 5.41) is 3.20. The first-order valence-electron chi connectivity index (χ1n) is 7.25. The van der Waals surface area contributed by atoms with Crippen molar-refractivity contribution in [1.29, 1.82) is 0 Å². The molecule has 0 unspecified atom stereocenters. The largest absolute Gasteiger partial charge is 0.416 e. The standard InChI is InChI=1S/C15H20F4N2.2ClH/c1-2-3-14(21-8-6-20-7-9-21)12-10-11(15(17,18)19)4-5-13(12)16;;/h4-5,10,14,20H,2-3,6-9H2,1H3;2*1H/t14-;;/m0../s1. The number of nitrogens with one attached hydrogen (secondary N) is 1. The Morgan fingerprint density at radius 3 is 2.30 bits per heavy atom. The number of halogens is 6. The first-order chi connectivity index (χ1) is 9.93. The fraction of sp³-hybridized carbons (Fsp3) is 0.600. The van der Waals surface area contributed by atoms with Gasteiger partial charge in [-0.3, -0.25) is 4.90 Å². The number of rotatable bonds is 4. The van der Waals surface area contributed by atoms with Gasteiger partial charge in [0.2, 0.25) is 0 Å². The van der Waals surface area contributed by atoms with E-state index in [4.69, 9.17) is 0 Å². The van der Waals surface area contributed by atoms with E-state index in [1.54, 1.807) is 0 Å². The summed E-state index contributed by atoms with van der Waals surface area (Å²) in [5.41, 5.74) is -0.622. The van der Waals surface area contributed by atoms with E-state index in [9.17, 15) is 17.6 Å². The van der Waals surface area contributed by atoms with Crippen LogP contribution in [0, 0.1) is 5.82 Å². The maximum atomic E-state index is 14.1. The second-order valence-electron chi connectivity index (χ2n) is 5.32. The van der Waals surface area contributed by atoms with Crippen LogP contribution in [0.1, 0.15) is 36.9 Å². The van der Waals surface area contributed by atoms with Gasteiger partial charge in [-0.25, -0.2) is 4.39 Å². The van der Waals surface area contributed by atoms with Gasteiger partial charge in [0.05, 0.1) is 5.56 Å². The Morgan fingerprint density at radius 2 is 1.78 bits per heavy atom. The molecule has 1 atom stereocenters. The molecule has 1 aromatic carbocycles. The number of benzene rings is 1. The topological polar surface area (TPSA) is 15.3 Å². The minimum Gasteiger partial charge on any atom is -0.314 e. The molecule has 0 saturated carbocycles. The number of piperazine rings is 1. The molecule has 8 heteroatoms. The van der Waals surface area contributed by atoms with Crippen LogP contribution in [-0.2, 0) is 6.18 Å². The van der Waals surface area contributed by atoms with Gasteiger partial charge in [-0.05, 0) is 24.6 Å². The molecular formula is C15H22Cl2F4N2. The Morgan fingerprint density at radius 1 is 1.17 bits per heavy atom. The first-order valence-corrected chi connectivity index (χ1v) is 7.25. The highest BCUT2D eigenvalue weighted by molar-refractivity contribution is 5.85. The zero-order valence-electron chi connectivity index (χ0n) is 12.8. The van der Waals surface area contributed by atoms with Crippen LogP contribution in [0.25, 0.3) is 0 Å². The van der Waals surface area contributed by atoms with E-state index in [0.717, 1.165) is 50.8 Å². The van der Waals surface area contributed by atoms with Crippen molar-refractivity contribution in [3.05, 3.63) is 35.1 Å². The van der Waals surface area contributed by atoms with E-state index in [0.29, 0.717) is 6.42 Å². The highest BCUT2D eigenvalue weighted by Gasteiger charge is 2.33. The fourth-order valence-electron chi connectivity index (χ4n) is 2.78. The Kier molecular flexibility index (Phi) is 9.43. The van der Waals surface area contributed by atoms with Crippen molar-refractivity contribution in [3.63, 3.8) is 0 Å². The maximum absolute atomic E-state index is 14.1. The third-order valence-electron chi connectivity index (χ3n) is 3.84. The second-order valence-corrected chi connectivity index (χ2v) is 5.32. The second kappa shape index (κ2) is 9.67. The lowest BCUT2D eigenvalue weighted by Crippen LogP contribution is -2.45.